The summed E-state index contributed by atoms with van der Waals surface area (Å²) in [7, 11) is -0.979. The molecular formula is C19H22N2O6S. The molecule has 2 atom stereocenters. The molecule has 0 spiro atoms. The van der Waals surface area contributed by atoms with Gasteiger partial charge in [0.15, 0.2) is 0 Å². The van der Waals surface area contributed by atoms with Crippen molar-refractivity contribution in [3.8, 4) is 11.5 Å². The number of amides is 2. The van der Waals surface area contributed by atoms with Crippen LogP contribution in [0.15, 0.2) is 35.2 Å². The number of imide groups is 1. The van der Waals surface area contributed by atoms with Crippen LogP contribution in [0.4, 0.5) is 0 Å². The maximum absolute atomic E-state index is 13.0. The Morgan fingerprint density at radius 3 is 2.11 bits per heavy atom. The van der Waals surface area contributed by atoms with Crippen molar-refractivity contribution in [2.75, 3.05) is 27.3 Å². The van der Waals surface area contributed by atoms with Gasteiger partial charge in [-0.1, -0.05) is 12.2 Å². The number of ether oxygens (including phenoxy) is 2. The zero-order chi connectivity index (χ0) is 20.1. The van der Waals surface area contributed by atoms with Crippen molar-refractivity contribution in [2.45, 2.75) is 23.8 Å². The molecular weight excluding hydrogens is 384 g/mol. The minimum atomic E-state index is -3.83. The van der Waals surface area contributed by atoms with Gasteiger partial charge in [0.2, 0.25) is 21.8 Å². The maximum Gasteiger partial charge on any atom is 0.247 e. The van der Waals surface area contributed by atoms with Crippen molar-refractivity contribution >= 4 is 21.8 Å². The largest absolute Gasteiger partial charge is 0.497 e. The summed E-state index contributed by atoms with van der Waals surface area (Å²) in [5.41, 5.74) is 0. The molecule has 0 radical (unpaired) electrons. The Hall–Kier alpha value is -2.39. The van der Waals surface area contributed by atoms with Crippen molar-refractivity contribution in [2.24, 2.45) is 11.8 Å². The van der Waals surface area contributed by atoms with Crippen molar-refractivity contribution < 1.29 is 27.5 Å². The second-order valence-corrected chi connectivity index (χ2v) is 9.10. The minimum absolute atomic E-state index is 0.00439. The van der Waals surface area contributed by atoms with Crippen LogP contribution in [0, 0.1) is 11.8 Å². The molecule has 2 aliphatic heterocycles. The molecule has 3 aliphatic rings. The van der Waals surface area contributed by atoms with E-state index >= 15 is 0 Å². The first-order valence-electron chi connectivity index (χ1n) is 9.12. The first-order valence-corrected chi connectivity index (χ1v) is 10.6. The third-order valence-electron chi connectivity index (χ3n) is 5.72. The van der Waals surface area contributed by atoms with E-state index in [2.05, 4.69) is 0 Å². The van der Waals surface area contributed by atoms with E-state index in [0.717, 1.165) is 0 Å². The molecule has 9 heteroatoms. The second kappa shape index (κ2) is 6.89. The van der Waals surface area contributed by atoms with Gasteiger partial charge in [0, 0.05) is 19.2 Å². The third kappa shape index (κ3) is 2.80. The zero-order valence-electron chi connectivity index (χ0n) is 15.7. The van der Waals surface area contributed by atoms with Crippen molar-refractivity contribution in [3.63, 3.8) is 0 Å². The van der Waals surface area contributed by atoms with Crippen LogP contribution in [0.3, 0.4) is 0 Å². The highest BCUT2D eigenvalue weighted by atomic mass is 32.2. The van der Waals surface area contributed by atoms with Crippen LogP contribution in [0.25, 0.3) is 0 Å². The summed E-state index contributed by atoms with van der Waals surface area (Å²) in [6, 6.07) is 4.15. The van der Waals surface area contributed by atoms with Gasteiger partial charge in [-0.2, -0.15) is 4.31 Å². The fourth-order valence-corrected chi connectivity index (χ4v) is 5.77. The highest BCUT2D eigenvalue weighted by Crippen LogP contribution is 2.39. The number of likely N-dealkylation sites (tertiary alicyclic amines) is 1. The number of carbonyl (C=O) groups excluding carboxylic acids is 2. The topological polar surface area (TPSA) is 93.2 Å². The maximum atomic E-state index is 13.0. The van der Waals surface area contributed by atoms with Gasteiger partial charge in [-0.25, -0.2) is 8.42 Å². The number of allylic oxidation sites excluding steroid dienone is 2. The number of benzene rings is 1. The molecule has 0 aromatic heterocycles. The van der Waals surface area contributed by atoms with Crippen LogP contribution in [-0.2, 0) is 19.6 Å². The lowest BCUT2D eigenvalue weighted by atomic mass is 9.85. The summed E-state index contributed by atoms with van der Waals surface area (Å²) >= 11 is 0. The summed E-state index contributed by atoms with van der Waals surface area (Å²) in [6.07, 6.45) is 5.01. The van der Waals surface area contributed by atoms with E-state index in [0.29, 0.717) is 18.6 Å². The van der Waals surface area contributed by atoms with Crippen LogP contribution in [0.5, 0.6) is 11.5 Å². The predicted molar refractivity (Wildman–Crippen MR) is 99.3 cm³/mol. The SMILES string of the molecule is COc1ccc(OC)c(S(=O)(=O)N2CC(N3C(=O)C4CC=CCC4C3=O)C2)c1. The monoisotopic (exact) mass is 406 g/mol. The quantitative estimate of drug-likeness (QED) is 0.536. The van der Waals surface area contributed by atoms with Gasteiger partial charge in [0.1, 0.15) is 16.4 Å². The number of hydrogen-bond donors (Lipinski definition) is 0. The molecule has 150 valence electrons. The van der Waals surface area contributed by atoms with E-state index in [1.807, 2.05) is 12.2 Å². The predicted octanol–water partition coefficient (Wildman–Crippen LogP) is 1.03. The lowest BCUT2D eigenvalue weighted by Gasteiger charge is -2.42. The summed E-state index contributed by atoms with van der Waals surface area (Å²) in [5.74, 6) is -0.350. The molecule has 0 saturated carbocycles. The Labute approximate surface area is 163 Å². The molecule has 8 nitrogen and oxygen atoms in total. The van der Waals surface area contributed by atoms with Crippen molar-refractivity contribution in [3.05, 3.63) is 30.4 Å². The van der Waals surface area contributed by atoms with E-state index in [9.17, 15) is 18.0 Å². The van der Waals surface area contributed by atoms with E-state index in [-0.39, 0.29) is 47.4 Å². The highest BCUT2D eigenvalue weighted by molar-refractivity contribution is 7.89. The van der Waals surface area contributed by atoms with Crippen LogP contribution >= 0.6 is 0 Å². The molecule has 2 unspecified atom stereocenters. The number of nitrogens with zero attached hydrogens (tertiary/aromatic N) is 2. The third-order valence-corrected chi connectivity index (χ3v) is 7.58. The summed E-state index contributed by atoms with van der Waals surface area (Å²) in [4.78, 5) is 26.6. The lowest BCUT2D eigenvalue weighted by molar-refractivity contribution is -0.145. The number of fused-ring (bicyclic) bond motifs is 1. The smallest absolute Gasteiger partial charge is 0.247 e. The molecule has 0 bridgehead atoms. The van der Waals surface area contributed by atoms with E-state index in [4.69, 9.17) is 9.47 Å². The van der Waals surface area contributed by atoms with Crippen LogP contribution < -0.4 is 9.47 Å². The Kier molecular flexibility index (Phi) is 4.67. The molecule has 2 heterocycles. The number of sulfonamides is 1. The Balaban J connectivity index is 1.52. The summed E-state index contributed by atoms with van der Waals surface area (Å²) in [5, 5.41) is 0. The van der Waals surface area contributed by atoms with Crippen molar-refractivity contribution in [1.29, 1.82) is 0 Å². The Morgan fingerprint density at radius 1 is 0.964 bits per heavy atom. The van der Waals surface area contributed by atoms with E-state index < -0.39 is 16.1 Å². The van der Waals surface area contributed by atoms with Gasteiger partial charge in [0.05, 0.1) is 32.1 Å². The molecule has 2 fully saturated rings. The number of hydrogen-bond acceptors (Lipinski definition) is 6. The normalized spacial score (nSPS) is 25.6. The van der Waals surface area contributed by atoms with Gasteiger partial charge >= 0.3 is 0 Å². The summed E-state index contributed by atoms with van der Waals surface area (Å²) < 4.78 is 37.6. The molecule has 2 amide bonds. The van der Waals surface area contributed by atoms with Crippen LogP contribution in [0.1, 0.15) is 12.8 Å². The van der Waals surface area contributed by atoms with Crippen LogP contribution in [0.2, 0.25) is 0 Å². The average molecular weight is 406 g/mol. The first-order chi connectivity index (χ1) is 13.4. The highest BCUT2D eigenvalue weighted by Gasteiger charge is 2.53. The minimum Gasteiger partial charge on any atom is -0.497 e. The molecule has 0 N–H and O–H groups in total. The first kappa shape index (κ1) is 18.9. The molecule has 2 saturated heterocycles. The molecule has 28 heavy (non-hydrogen) atoms. The average Bonchev–Trinajstić information content (AvgIpc) is 2.91. The van der Waals surface area contributed by atoms with Gasteiger partial charge < -0.3 is 9.47 Å². The number of rotatable bonds is 5. The number of methoxy groups -OCH3 is 2. The number of carbonyl (C=O) groups is 2. The lowest BCUT2D eigenvalue weighted by Crippen LogP contribution is -2.62. The zero-order valence-corrected chi connectivity index (χ0v) is 16.5. The van der Waals surface area contributed by atoms with Gasteiger partial charge in [-0.05, 0) is 25.0 Å². The van der Waals surface area contributed by atoms with Crippen molar-refractivity contribution in [1.82, 2.24) is 9.21 Å². The molecule has 4 rings (SSSR count). The summed E-state index contributed by atoms with van der Waals surface area (Å²) in [6.45, 7) is 0.181. The van der Waals surface area contributed by atoms with E-state index in [1.54, 1.807) is 6.07 Å². The van der Waals surface area contributed by atoms with E-state index in [1.165, 1.54) is 35.6 Å². The fourth-order valence-electron chi connectivity index (χ4n) is 4.09. The molecule has 1 aromatic rings. The molecule has 1 aliphatic carbocycles. The molecule has 1 aromatic carbocycles. The second-order valence-electron chi connectivity index (χ2n) is 7.19. The standard InChI is InChI=1S/C19H22N2O6S/c1-26-13-7-8-16(27-2)17(9-13)28(24,25)20-10-12(11-20)21-18(22)14-5-3-4-6-15(14)19(21)23/h3-4,7-9,12,14-15H,5-6,10-11H2,1-2H3. The van der Waals surface area contributed by atoms with Gasteiger partial charge in [-0.15, -0.1) is 0 Å². The Bertz CT molecular complexity index is 925. The van der Waals surface area contributed by atoms with Crippen LogP contribution in [-0.4, -0.2) is 62.8 Å². The van der Waals surface area contributed by atoms with Gasteiger partial charge in [-0.3, -0.25) is 14.5 Å². The fraction of sp³-hybridized carbons (Fsp3) is 0.474. The Morgan fingerprint density at radius 2 is 1.57 bits per heavy atom. The van der Waals surface area contributed by atoms with Gasteiger partial charge in [0.25, 0.3) is 0 Å².